The molecule has 0 spiro atoms. The molecule has 1 heterocycles. The Bertz CT molecular complexity index is 432. The monoisotopic (exact) mass is 179 g/mol. The number of aryl methyl sites for hydroxylation is 1. The molecular formula is C9H13N3O. The first kappa shape index (κ1) is 9.51. The number of amides is 1. The Kier molecular flexibility index (Phi) is 2.23. The molecule has 0 aliphatic carbocycles. The zero-order valence-corrected chi connectivity index (χ0v) is 7.87. The predicted octanol–water partition coefficient (Wildman–Crippen LogP) is -0.942. The first-order valence-corrected chi connectivity index (χ1v) is 3.97. The average Bonchev–Trinajstić information content (AvgIpc) is 2.26. The summed E-state index contributed by atoms with van der Waals surface area (Å²) in [6, 6.07) is -0.421. The van der Waals surface area contributed by atoms with Crippen molar-refractivity contribution in [3.63, 3.8) is 0 Å². The van der Waals surface area contributed by atoms with Crippen LogP contribution < -0.4 is 16.4 Å². The van der Waals surface area contributed by atoms with Crippen molar-refractivity contribution in [1.29, 1.82) is 0 Å². The van der Waals surface area contributed by atoms with E-state index in [2.05, 4.69) is 18.1 Å². The molecule has 4 heteroatoms. The van der Waals surface area contributed by atoms with E-state index in [0.29, 0.717) is 16.5 Å². The predicted molar refractivity (Wildman–Crippen MR) is 51.2 cm³/mol. The highest BCUT2D eigenvalue weighted by molar-refractivity contribution is 5.78. The fourth-order valence-electron chi connectivity index (χ4n) is 1.29. The van der Waals surface area contributed by atoms with E-state index >= 15 is 0 Å². The smallest absolute Gasteiger partial charge is 0.240 e. The van der Waals surface area contributed by atoms with Crippen molar-refractivity contribution in [3.8, 4) is 0 Å². The van der Waals surface area contributed by atoms with Gasteiger partial charge in [-0.05, 0) is 13.8 Å². The van der Waals surface area contributed by atoms with Gasteiger partial charge in [-0.1, -0.05) is 13.2 Å². The van der Waals surface area contributed by atoms with Crippen molar-refractivity contribution in [2.45, 2.75) is 19.9 Å². The van der Waals surface area contributed by atoms with E-state index in [1.807, 2.05) is 0 Å². The molecule has 0 saturated heterocycles. The van der Waals surface area contributed by atoms with Gasteiger partial charge in [-0.25, -0.2) is 4.98 Å². The van der Waals surface area contributed by atoms with Crippen LogP contribution in [0.2, 0.25) is 0 Å². The van der Waals surface area contributed by atoms with E-state index in [4.69, 9.17) is 5.73 Å². The van der Waals surface area contributed by atoms with Gasteiger partial charge in [0.2, 0.25) is 5.91 Å². The van der Waals surface area contributed by atoms with Gasteiger partial charge >= 0.3 is 0 Å². The van der Waals surface area contributed by atoms with Crippen LogP contribution in [0.4, 0.5) is 0 Å². The third kappa shape index (κ3) is 1.47. The maximum Gasteiger partial charge on any atom is 0.240 e. The Morgan fingerprint density at radius 2 is 2.15 bits per heavy atom. The highest BCUT2D eigenvalue weighted by Crippen LogP contribution is 2.01. The fourth-order valence-corrected chi connectivity index (χ4v) is 1.29. The first-order valence-electron chi connectivity index (χ1n) is 3.97. The molecule has 0 bridgehead atoms. The molecule has 0 aliphatic rings. The van der Waals surface area contributed by atoms with Crippen LogP contribution in [-0.4, -0.2) is 15.5 Å². The number of imidazole rings is 1. The molecular weight excluding hydrogens is 166 g/mol. The van der Waals surface area contributed by atoms with Crippen molar-refractivity contribution in [3.05, 3.63) is 16.5 Å². The van der Waals surface area contributed by atoms with Gasteiger partial charge < -0.3 is 10.3 Å². The Labute approximate surface area is 76.4 Å². The maximum atomic E-state index is 10.9. The van der Waals surface area contributed by atoms with Gasteiger partial charge in [0.15, 0.2) is 0 Å². The summed E-state index contributed by atoms with van der Waals surface area (Å²) in [4.78, 5) is 15.0. The molecule has 1 unspecified atom stereocenters. The van der Waals surface area contributed by atoms with E-state index < -0.39 is 11.9 Å². The van der Waals surface area contributed by atoms with E-state index in [1.165, 1.54) is 0 Å². The summed E-state index contributed by atoms with van der Waals surface area (Å²) in [5.41, 5.74) is 5.18. The Morgan fingerprint density at radius 1 is 1.62 bits per heavy atom. The minimum Gasteiger partial charge on any atom is -0.368 e. The standard InChI is InChI=1S/C9H13N3O/c1-5-6(2)12(8(4)11-5)7(3)9(10)13/h7H,1-2H2,3-4H3,(H2,10,13). The second-order valence-corrected chi connectivity index (χ2v) is 3.00. The Balaban J connectivity index is 3.37. The van der Waals surface area contributed by atoms with Gasteiger partial charge in [0.1, 0.15) is 11.9 Å². The minimum atomic E-state index is -0.421. The summed E-state index contributed by atoms with van der Waals surface area (Å²) < 4.78 is 1.69. The van der Waals surface area contributed by atoms with Crippen molar-refractivity contribution in [1.82, 2.24) is 9.55 Å². The maximum absolute atomic E-state index is 10.9. The third-order valence-corrected chi connectivity index (χ3v) is 2.07. The number of nitrogens with two attached hydrogens (primary N) is 1. The number of carbonyl (C=O) groups excluding carboxylic acids is 1. The molecule has 4 nitrogen and oxygen atoms in total. The lowest BCUT2D eigenvalue weighted by molar-refractivity contribution is -0.120. The molecule has 1 aromatic heterocycles. The highest BCUT2D eigenvalue weighted by atomic mass is 16.1. The van der Waals surface area contributed by atoms with Crippen LogP contribution in [0, 0.1) is 6.92 Å². The van der Waals surface area contributed by atoms with Gasteiger partial charge in [-0.3, -0.25) is 4.79 Å². The fraction of sp³-hybridized carbons (Fsp3) is 0.333. The van der Waals surface area contributed by atoms with Crippen LogP contribution in [0.25, 0.3) is 13.2 Å². The molecule has 0 saturated carbocycles. The second kappa shape index (κ2) is 3.05. The number of hydrogen-bond acceptors (Lipinski definition) is 2. The lowest BCUT2D eigenvalue weighted by Gasteiger charge is -2.10. The van der Waals surface area contributed by atoms with Gasteiger partial charge in [-0.2, -0.15) is 0 Å². The molecule has 13 heavy (non-hydrogen) atoms. The SMILES string of the molecule is C=c1nc(C)n(C(C)C(N)=O)c1=C. The molecule has 1 atom stereocenters. The number of hydrogen-bond donors (Lipinski definition) is 1. The average molecular weight is 179 g/mol. The summed E-state index contributed by atoms with van der Waals surface area (Å²) in [6.07, 6.45) is 0. The molecule has 0 aromatic carbocycles. The molecule has 0 aliphatic heterocycles. The van der Waals surface area contributed by atoms with Crippen LogP contribution in [0.1, 0.15) is 18.8 Å². The topological polar surface area (TPSA) is 60.9 Å². The van der Waals surface area contributed by atoms with Crippen LogP contribution in [0.5, 0.6) is 0 Å². The number of primary amides is 1. The molecule has 1 aromatic rings. The van der Waals surface area contributed by atoms with E-state index in [-0.39, 0.29) is 0 Å². The largest absolute Gasteiger partial charge is 0.368 e. The van der Waals surface area contributed by atoms with Crippen LogP contribution in [-0.2, 0) is 4.79 Å². The van der Waals surface area contributed by atoms with Gasteiger partial charge in [0, 0.05) is 0 Å². The van der Waals surface area contributed by atoms with Crippen LogP contribution >= 0.6 is 0 Å². The lowest BCUT2D eigenvalue weighted by atomic mass is 10.3. The molecule has 1 amide bonds. The minimum absolute atomic E-state index is 0.398. The summed E-state index contributed by atoms with van der Waals surface area (Å²) in [6.45, 7) is 11.0. The van der Waals surface area contributed by atoms with Crippen molar-refractivity contribution < 1.29 is 4.79 Å². The number of nitrogens with zero attached hydrogens (tertiary/aromatic N) is 2. The first-order chi connectivity index (χ1) is 5.95. The van der Waals surface area contributed by atoms with Crippen LogP contribution in [0.3, 0.4) is 0 Å². The summed E-state index contributed by atoms with van der Waals surface area (Å²) in [5.74, 6) is 0.312. The summed E-state index contributed by atoms with van der Waals surface area (Å²) in [5, 5.41) is 1.23. The quantitative estimate of drug-likeness (QED) is 0.637. The summed E-state index contributed by atoms with van der Waals surface area (Å²) in [7, 11) is 0. The Morgan fingerprint density at radius 3 is 2.46 bits per heavy atom. The second-order valence-electron chi connectivity index (χ2n) is 3.00. The van der Waals surface area contributed by atoms with Crippen molar-refractivity contribution >= 4 is 19.1 Å². The number of rotatable bonds is 2. The van der Waals surface area contributed by atoms with E-state index in [1.54, 1.807) is 18.4 Å². The van der Waals surface area contributed by atoms with Crippen LogP contribution in [0.15, 0.2) is 0 Å². The summed E-state index contributed by atoms with van der Waals surface area (Å²) >= 11 is 0. The van der Waals surface area contributed by atoms with Crippen molar-refractivity contribution in [2.75, 3.05) is 0 Å². The zero-order valence-electron chi connectivity index (χ0n) is 7.87. The molecule has 0 radical (unpaired) electrons. The van der Waals surface area contributed by atoms with Gasteiger partial charge in [0.25, 0.3) is 0 Å². The van der Waals surface area contributed by atoms with Crippen molar-refractivity contribution in [2.24, 2.45) is 5.73 Å². The number of carbonyl (C=O) groups is 1. The molecule has 1 rings (SSSR count). The Hall–Kier alpha value is -1.58. The third-order valence-electron chi connectivity index (χ3n) is 2.07. The zero-order chi connectivity index (χ0) is 10.2. The van der Waals surface area contributed by atoms with Gasteiger partial charge in [-0.15, -0.1) is 0 Å². The molecule has 2 N–H and O–H groups in total. The van der Waals surface area contributed by atoms with Gasteiger partial charge in [0.05, 0.1) is 10.7 Å². The highest BCUT2D eigenvalue weighted by Gasteiger charge is 2.13. The normalized spacial score (nSPS) is 12.8. The lowest BCUT2D eigenvalue weighted by Crippen LogP contribution is -2.35. The molecule has 70 valence electrons. The molecule has 0 fully saturated rings. The van der Waals surface area contributed by atoms with E-state index in [9.17, 15) is 4.79 Å². The number of aromatic nitrogens is 2. The van der Waals surface area contributed by atoms with E-state index in [0.717, 1.165) is 0 Å².